The van der Waals surface area contributed by atoms with E-state index in [0.717, 1.165) is 18.4 Å². The van der Waals surface area contributed by atoms with Gasteiger partial charge < -0.3 is 10.6 Å². The van der Waals surface area contributed by atoms with Crippen molar-refractivity contribution in [1.29, 1.82) is 0 Å². The van der Waals surface area contributed by atoms with Crippen molar-refractivity contribution >= 4 is 16.0 Å². The van der Waals surface area contributed by atoms with Gasteiger partial charge in [0.1, 0.15) is 0 Å². The average Bonchev–Trinajstić information content (AvgIpc) is 3.25. The van der Waals surface area contributed by atoms with Gasteiger partial charge in [-0.25, -0.2) is 8.42 Å². The Balaban J connectivity index is 1.55. The maximum Gasteiger partial charge on any atom is 0.243 e. The molecule has 1 aliphatic rings. The molecule has 0 radical (unpaired) electrons. The molecule has 29 heavy (non-hydrogen) atoms. The van der Waals surface area contributed by atoms with Crippen LogP contribution in [0.3, 0.4) is 0 Å². The fraction of sp³-hybridized carbons (Fsp3) is 0.409. The molecule has 0 spiro atoms. The molecule has 3 rings (SSSR count). The first kappa shape index (κ1) is 21.3. The lowest BCUT2D eigenvalue weighted by Gasteiger charge is -2.16. The Morgan fingerprint density at radius 3 is 2.28 bits per heavy atom. The first-order valence-electron chi connectivity index (χ1n) is 10.00. The summed E-state index contributed by atoms with van der Waals surface area (Å²) >= 11 is 0. The molecule has 2 aromatic carbocycles. The van der Waals surface area contributed by atoms with E-state index in [-0.39, 0.29) is 0 Å². The van der Waals surface area contributed by atoms with Crippen molar-refractivity contribution in [2.45, 2.75) is 44.7 Å². The Morgan fingerprint density at radius 2 is 1.66 bits per heavy atom. The number of aryl methyl sites for hydroxylation is 2. The molecule has 0 unspecified atom stereocenters. The van der Waals surface area contributed by atoms with Crippen LogP contribution in [0.5, 0.6) is 0 Å². The molecule has 2 aromatic rings. The Morgan fingerprint density at radius 1 is 1.00 bits per heavy atom. The second-order valence-electron chi connectivity index (χ2n) is 7.46. The van der Waals surface area contributed by atoms with Crippen LogP contribution in [-0.2, 0) is 23.1 Å². The molecular weight excluding hydrogens is 384 g/mol. The van der Waals surface area contributed by atoms with E-state index in [0.29, 0.717) is 37.0 Å². The molecule has 1 saturated heterocycles. The van der Waals surface area contributed by atoms with Gasteiger partial charge in [0, 0.05) is 33.2 Å². The van der Waals surface area contributed by atoms with Crippen molar-refractivity contribution in [3.63, 3.8) is 0 Å². The number of aliphatic imine (C=N–C) groups is 1. The van der Waals surface area contributed by atoms with Crippen LogP contribution in [0.15, 0.2) is 52.4 Å². The van der Waals surface area contributed by atoms with Crippen LogP contribution < -0.4 is 10.6 Å². The van der Waals surface area contributed by atoms with Crippen LogP contribution in [0.25, 0.3) is 0 Å². The minimum atomic E-state index is -3.36. The summed E-state index contributed by atoms with van der Waals surface area (Å²) in [5.74, 6) is 0.707. The summed E-state index contributed by atoms with van der Waals surface area (Å²) in [5.41, 5.74) is 4.74. The average molecular weight is 415 g/mol. The summed E-state index contributed by atoms with van der Waals surface area (Å²) in [7, 11) is -1.62. The summed E-state index contributed by atoms with van der Waals surface area (Å²) < 4.78 is 26.8. The van der Waals surface area contributed by atoms with Gasteiger partial charge in [0.25, 0.3) is 0 Å². The predicted molar refractivity (Wildman–Crippen MR) is 117 cm³/mol. The molecule has 0 saturated carbocycles. The molecule has 6 nitrogen and oxygen atoms in total. The van der Waals surface area contributed by atoms with Gasteiger partial charge in [0.05, 0.1) is 4.90 Å². The van der Waals surface area contributed by atoms with E-state index in [4.69, 9.17) is 0 Å². The van der Waals surface area contributed by atoms with E-state index >= 15 is 0 Å². The first-order chi connectivity index (χ1) is 13.9. The van der Waals surface area contributed by atoms with Crippen LogP contribution in [0.2, 0.25) is 0 Å². The molecule has 156 valence electrons. The largest absolute Gasteiger partial charge is 0.352 e. The lowest BCUT2D eigenvalue weighted by atomic mass is 10.1. The van der Waals surface area contributed by atoms with Crippen LogP contribution in [0.4, 0.5) is 0 Å². The lowest BCUT2D eigenvalue weighted by Crippen LogP contribution is -2.36. The molecule has 1 heterocycles. The molecular formula is C22H30N4O2S. The summed E-state index contributed by atoms with van der Waals surface area (Å²) in [4.78, 5) is 4.63. The van der Waals surface area contributed by atoms with Gasteiger partial charge >= 0.3 is 0 Å². The summed E-state index contributed by atoms with van der Waals surface area (Å²) in [5, 5.41) is 6.60. The third kappa shape index (κ3) is 5.36. The maximum atomic E-state index is 12.6. The van der Waals surface area contributed by atoms with Crippen molar-refractivity contribution in [2.24, 2.45) is 4.99 Å². The number of hydrogen-bond donors (Lipinski definition) is 2. The normalized spacial score (nSPS) is 15.5. The zero-order chi connectivity index (χ0) is 20.9. The maximum absolute atomic E-state index is 12.6. The second-order valence-corrected chi connectivity index (χ2v) is 9.40. The highest BCUT2D eigenvalue weighted by atomic mass is 32.2. The zero-order valence-corrected chi connectivity index (χ0v) is 18.2. The third-order valence-corrected chi connectivity index (χ3v) is 7.17. The van der Waals surface area contributed by atoms with Crippen molar-refractivity contribution in [3.05, 3.63) is 64.7 Å². The van der Waals surface area contributed by atoms with Gasteiger partial charge in [-0.15, -0.1) is 0 Å². The molecule has 1 aliphatic heterocycles. The van der Waals surface area contributed by atoms with Crippen LogP contribution in [0, 0.1) is 13.8 Å². The van der Waals surface area contributed by atoms with Gasteiger partial charge in [0.15, 0.2) is 5.96 Å². The predicted octanol–water partition coefficient (Wildman–Crippen LogP) is 2.95. The van der Waals surface area contributed by atoms with E-state index in [1.165, 1.54) is 16.7 Å². The summed E-state index contributed by atoms with van der Waals surface area (Å²) in [6.45, 7) is 6.70. The number of nitrogens with one attached hydrogen (secondary N) is 2. The molecule has 2 N–H and O–H groups in total. The number of hydrogen-bond acceptors (Lipinski definition) is 3. The quantitative estimate of drug-likeness (QED) is 0.563. The van der Waals surface area contributed by atoms with Crippen molar-refractivity contribution in [3.8, 4) is 0 Å². The summed E-state index contributed by atoms with van der Waals surface area (Å²) in [6.07, 6.45) is 1.88. The number of benzene rings is 2. The first-order valence-corrected chi connectivity index (χ1v) is 11.4. The highest BCUT2D eigenvalue weighted by Gasteiger charge is 2.26. The van der Waals surface area contributed by atoms with E-state index in [9.17, 15) is 8.42 Å². The van der Waals surface area contributed by atoms with Crippen LogP contribution in [-0.4, -0.2) is 38.8 Å². The van der Waals surface area contributed by atoms with Gasteiger partial charge in [-0.1, -0.05) is 35.9 Å². The number of rotatable bonds is 6. The standard InChI is InChI=1S/C22H30N4O2S/c1-17-6-9-20(18(2)14-17)16-25-22(23-3)24-15-19-7-10-21(11-8-19)29(27,28)26-12-4-5-13-26/h6-11,14H,4-5,12-13,15-16H2,1-3H3,(H2,23,24,25). The van der Waals surface area contributed by atoms with E-state index in [2.05, 4.69) is 47.7 Å². The SMILES string of the molecule is CN=C(NCc1ccc(S(=O)(=O)N2CCCC2)cc1)NCc1ccc(C)cc1C. The number of nitrogens with zero attached hydrogens (tertiary/aromatic N) is 2. The lowest BCUT2D eigenvalue weighted by molar-refractivity contribution is 0.477. The van der Waals surface area contributed by atoms with Crippen LogP contribution in [0.1, 0.15) is 35.1 Å². The molecule has 1 fully saturated rings. The topological polar surface area (TPSA) is 73.8 Å². The Kier molecular flexibility index (Phi) is 6.92. The minimum absolute atomic E-state index is 0.362. The van der Waals surface area contributed by atoms with E-state index < -0.39 is 10.0 Å². The Hall–Kier alpha value is -2.38. The zero-order valence-electron chi connectivity index (χ0n) is 17.4. The third-order valence-electron chi connectivity index (χ3n) is 5.25. The molecule has 0 aromatic heterocycles. The van der Waals surface area contributed by atoms with Crippen molar-refractivity contribution in [2.75, 3.05) is 20.1 Å². The second kappa shape index (κ2) is 9.41. The monoisotopic (exact) mass is 414 g/mol. The minimum Gasteiger partial charge on any atom is -0.352 e. The van der Waals surface area contributed by atoms with Crippen LogP contribution >= 0.6 is 0 Å². The molecule has 0 bridgehead atoms. The van der Waals surface area contributed by atoms with Crippen molar-refractivity contribution in [1.82, 2.24) is 14.9 Å². The molecule has 0 atom stereocenters. The van der Waals surface area contributed by atoms with Gasteiger partial charge in [0.2, 0.25) is 10.0 Å². The number of guanidine groups is 1. The molecule has 0 aliphatic carbocycles. The van der Waals surface area contributed by atoms with E-state index in [1.807, 2.05) is 12.1 Å². The Bertz CT molecular complexity index is 963. The number of sulfonamides is 1. The van der Waals surface area contributed by atoms with Gasteiger partial charge in [-0.3, -0.25) is 4.99 Å². The highest BCUT2D eigenvalue weighted by Crippen LogP contribution is 2.21. The fourth-order valence-corrected chi connectivity index (χ4v) is 5.00. The van der Waals surface area contributed by atoms with Gasteiger partial charge in [-0.2, -0.15) is 4.31 Å². The van der Waals surface area contributed by atoms with Gasteiger partial charge in [-0.05, 0) is 55.5 Å². The van der Waals surface area contributed by atoms with E-state index in [1.54, 1.807) is 23.5 Å². The Labute approximate surface area is 174 Å². The van der Waals surface area contributed by atoms with Crippen molar-refractivity contribution < 1.29 is 8.42 Å². The highest BCUT2D eigenvalue weighted by molar-refractivity contribution is 7.89. The molecule has 0 amide bonds. The summed E-state index contributed by atoms with van der Waals surface area (Å²) in [6, 6.07) is 13.5. The smallest absolute Gasteiger partial charge is 0.243 e. The fourth-order valence-electron chi connectivity index (χ4n) is 3.49. The molecule has 7 heteroatoms.